The SMILES string of the molecule is COc1cc(C)c2c3c1OC1C[C@H](OC(C)=O)C=CC31CN2. The molecule has 116 valence electrons. The molecule has 0 saturated carbocycles. The lowest BCUT2D eigenvalue weighted by molar-refractivity contribution is -0.145. The van der Waals surface area contributed by atoms with Crippen molar-refractivity contribution in [3.8, 4) is 11.5 Å². The Morgan fingerprint density at radius 2 is 2.32 bits per heavy atom. The summed E-state index contributed by atoms with van der Waals surface area (Å²) in [5.41, 5.74) is 3.31. The fourth-order valence-electron chi connectivity index (χ4n) is 3.93. The van der Waals surface area contributed by atoms with Gasteiger partial charge in [0, 0.05) is 31.1 Å². The van der Waals surface area contributed by atoms with Crippen molar-refractivity contribution in [2.45, 2.75) is 37.9 Å². The van der Waals surface area contributed by atoms with E-state index in [-0.39, 0.29) is 23.6 Å². The molecule has 22 heavy (non-hydrogen) atoms. The predicted octanol–water partition coefficient (Wildman–Crippen LogP) is 2.32. The molecular formula is C17H19NO4. The fraction of sp³-hybridized carbons (Fsp3) is 0.471. The minimum absolute atomic E-state index is 0.0405. The summed E-state index contributed by atoms with van der Waals surface area (Å²) in [6, 6.07) is 2.00. The summed E-state index contributed by atoms with van der Waals surface area (Å²) in [7, 11) is 1.66. The third kappa shape index (κ3) is 1.62. The fourth-order valence-corrected chi connectivity index (χ4v) is 3.93. The van der Waals surface area contributed by atoms with Crippen LogP contribution in [0.25, 0.3) is 0 Å². The zero-order chi connectivity index (χ0) is 15.5. The van der Waals surface area contributed by atoms with Crippen LogP contribution in [0.1, 0.15) is 24.5 Å². The highest BCUT2D eigenvalue weighted by molar-refractivity contribution is 5.77. The molecule has 0 saturated heterocycles. The number of ether oxygens (including phenoxy) is 3. The number of benzene rings is 1. The molecule has 0 aromatic heterocycles. The van der Waals surface area contributed by atoms with Crippen molar-refractivity contribution < 1.29 is 19.0 Å². The molecule has 2 heterocycles. The number of hydrogen-bond donors (Lipinski definition) is 1. The van der Waals surface area contributed by atoms with Crippen molar-refractivity contribution in [3.05, 3.63) is 29.3 Å². The predicted molar refractivity (Wildman–Crippen MR) is 81.6 cm³/mol. The van der Waals surface area contributed by atoms with E-state index < -0.39 is 0 Å². The summed E-state index contributed by atoms with van der Waals surface area (Å²) in [5, 5.41) is 3.51. The van der Waals surface area contributed by atoms with Gasteiger partial charge in [0.25, 0.3) is 0 Å². The Kier molecular flexibility index (Phi) is 2.71. The average molecular weight is 301 g/mol. The molecule has 0 amide bonds. The van der Waals surface area contributed by atoms with Gasteiger partial charge in [0.1, 0.15) is 12.2 Å². The van der Waals surface area contributed by atoms with Crippen molar-refractivity contribution in [3.63, 3.8) is 0 Å². The number of aryl methyl sites for hydroxylation is 1. The molecule has 4 rings (SSSR count). The molecule has 1 spiro atoms. The largest absolute Gasteiger partial charge is 0.493 e. The lowest BCUT2D eigenvalue weighted by atomic mass is 9.73. The second-order valence-corrected chi connectivity index (χ2v) is 6.22. The van der Waals surface area contributed by atoms with Crippen LogP contribution < -0.4 is 14.8 Å². The van der Waals surface area contributed by atoms with Crippen molar-refractivity contribution in [2.24, 2.45) is 0 Å². The molecule has 0 radical (unpaired) electrons. The topological polar surface area (TPSA) is 56.8 Å². The van der Waals surface area contributed by atoms with E-state index in [4.69, 9.17) is 14.2 Å². The number of nitrogens with one attached hydrogen (secondary N) is 1. The lowest BCUT2D eigenvalue weighted by Crippen LogP contribution is -2.44. The van der Waals surface area contributed by atoms with E-state index in [1.807, 2.05) is 12.1 Å². The molecule has 5 heteroatoms. The van der Waals surface area contributed by atoms with Gasteiger partial charge in [-0.05, 0) is 24.6 Å². The minimum atomic E-state index is -0.264. The van der Waals surface area contributed by atoms with Crippen LogP contribution in [0.5, 0.6) is 11.5 Å². The van der Waals surface area contributed by atoms with Crippen LogP contribution in [0, 0.1) is 6.92 Å². The van der Waals surface area contributed by atoms with Gasteiger partial charge in [-0.2, -0.15) is 0 Å². The zero-order valence-corrected chi connectivity index (χ0v) is 12.9. The molecule has 1 aromatic carbocycles. The van der Waals surface area contributed by atoms with Crippen LogP contribution in [-0.2, 0) is 14.9 Å². The number of methoxy groups -OCH3 is 1. The number of anilines is 1. The Morgan fingerprint density at radius 3 is 3.05 bits per heavy atom. The third-order valence-corrected chi connectivity index (χ3v) is 4.89. The van der Waals surface area contributed by atoms with E-state index in [1.165, 1.54) is 12.5 Å². The van der Waals surface area contributed by atoms with Crippen LogP contribution in [0.3, 0.4) is 0 Å². The average Bonchev–Trinajstić information content (AvgIpc) is 2.99. The van der Waals surface area contributed by atoms with Crippen molar-refractivity contribution in [1.29, 1.82) is 0 Å². The van der Waals surface area contributed by atoms with Crippen LogP contribution in [0.15, 0.2) is 18.2 Å². The molecule has 2 aliphatic heterocycles. The molecular weight excluding hydrogens is 282 g/mol. The monoisotopic (exact) mass is 301 g/mol. The number of carbonyl (C=O) groups excluding carboxylic acids is 1. The highest BCUT2D eigenvalue weighted by atomic mass is 16.6. The Morgan fingerprint density at radius 1 is 1.50 bits per heavy atom. The van der Waals surface area contributed by atoms with Gasteiger partial charge in [-0.1, -0.05) is 6.08 Å². The van der Waals surface area contributed by atoms with E-state index in [0.717, 1.165) is 29.3 Å². The molecule has 2 unspecified atom stereocenters. The van der Waals surface area contributed by atoms with Crippen molar-refractivity contribution in [2.75, 3.05) is 19.0 Å². The second-order valence-electron chi connectivity index (χ2n) is 6.22. The summed E-state index contributed by atoms with van der Waals surface area (Å²) in [4.78, 5) is 11.2. The maximum atomic E-state index is 11.2. The Bertz CT molecular complexity index is 696. The highest BCUT2D eigenvalue weighted by Gasteiger charge is 2.55. The molecule has 5 nitrogen and oxygen atoms in total. The minimum Gasteiger partial charge on any atom is -0.493 e. The third-order valence-electron chi connectivity index (χ3n) is 4.89. The maximum Gasteiger partial charge on any atom is 0.303 e. The normalized spacial score (nSPS) is 30.1. The van der Waals surface area contributed by atoms with Crippen LogP contribution in [-0.4, -0.2) is 31.8 Å². The highest BCUT2D eigenvalue weighted by Crippen LogP contribution is 2.58. The molecule has 3 atom stereocenters. The smallest absolute Gasteiger partial charge is 0.303 e. The van der Waals surface area contributed by atoms with E-state index in [1.54, 1.807) is 7.11 Å². The lowest BCUT2D eigenvalue weighted by Gasteiger charge is -2.33. The van der Waals surface area contributed by atoms with E-state index in [0.29, 0.717) is 6.42 Å². The summed E-state index contributed by atoms with van der Waals surface area (Å²) in [6.45, 7) is 4.31. The first-order chi connectivity index (χ1) is 10.5. The van der Waals surface area contributed by atoms with E-state index in [9.17, 15) is 4.79 Å². The number of esters is 1. The Hall–Kier alpha value is -2.17. The molecule has 1 aromatic rings. The van der Waals surface area contributed by atoms with Crippen LogP contribution in [0.4, 0.5) is 5.69 Å². The summed E-state index contributed by atoms with van der Waals surface area (Å²) in [6.07, 6.45) is 4.53. The quantitative estimate of drug-likeness (QED) is 0.671. The molecule has 3 aliphatic rings. The number of rotatable bonds is 2. The van der Waals surface area contributed by atoms with Gasteiger partial charge in [-0.15, -0.1) is 0 Å². The molecule has 0 bridgehead atoms. The van der Waals surface area contributed by atoms with Gasteiger partial charge in [-0.3, -0.25) is 4.79 Å². The summed E-state index contributed by atoms with van der Waals surface area (Å²) in [5.74, 6) is 1.33. The van der Waals surface area contributed by atoms with Crippen molar-refractivity contribution in [1.82, 2.24) is 0 Å². The second kappa shape index (κ2) is 4.41. The first kappa shape index (κ1) is 13.5. The zero-order valence-electron chi connectivity index (χ0n) is 12.9. The first-order valence-electron chi connectivity index (χ1n) is 7.54. The first-order valence-corrected chi connectivity index (χ1v) is 7.54. The van der Waals surface area contributed by atoms with Gasteiger partial charge in [0.15, 0.2) is 11.5 Å². The van der Waals surface area contributed by atoms with Crippen molar-refractivity contribution >= 4 is 11.7 Å². The maximum absolute atomic E-state index is 11.2. The number of carbonyl (C=O) groups is 1. The van der Waals surface area contributed by atoms with E-state index >= 15 is 0 Å². The standard InChI is InChI=1S/C17H19NO4/c1-9-6-12(20-3)16-14-15(9)18-8-17(14)5-4-11(21-10(2)19)7-13(17)22-16/h4-6,11,13,18H,7-8H2,1-3H3/t11-,13?,17?/m1/s1. The van der Waals surface area contributed by atoms with Crippen LogP contribution in [0.2, 0.25) is 0 Å². The van der Waals surface area contributed by atoms with Gasteiger partial charge in [0.2, 0.25) is 0 Å². The van der Waals surface area contributed by atoms with Crippen LogP contribution >= 0.6 is 0 Å². The number of hydrogen-bond acceptors (Lipinski definition) is 5. The summed E-state index contributed by atoms with van der Waals surface area (Å²) < 4.78 is 17.1. The van der Waals surface area contributed by atoms with Gasteiger partial charge in [-0.25, -0.2) is 0 Å². The molecule has 1 aliphatic carbocycles. The van der Waals surface area contributed by atoms with E-state index in [2.05, 4.69) is 18.3 Å². The Balaban J connectivity index is 1.81. The molecule has 1 N–H and O–H groups in total. The molecule has 0 fully saturated rings. The summed E-state index contributed by atoms with van der Waals surface area (Å²) >= 11 is 0. The Labute approximate surface area is 129 Å². The van der Waals surface area contributed by atoms with Gasteiger partial charge < -0.3 is 19.5 Å². The van der Waals surface area contributed by atoms with Gasteiger partial charge >= 0.3 is 5.97 Å². The van der Waals surface area contributed by atoms with Gasteiger partial charge in [0.05, 0.1) is 12.5 Å².